The number of hydrogen-bond acceptors (Lipinski definition) is 2. The fraction of sp³-hybridized carbons (Fsp3) is 0.800. The van der Waals surface area contributed by atoms with Gasteiger partial charge >= 0.3 is 0 Å². The van der Waals surface area contributed by atoms with Crippen LogP contribution >= 0.6 is 11.6 Å². The zero-order valence-electron chi connectivity index (χ0n) is 8.19. The highest BCUT2D eigenvalue weighted by atomic mass is 35.5. The molecule has 0 bridgehead atoms. The minimum absolute atomic E-state index is 0.693. The van der Waals surface area contributed by atoms with Gasteiger partial charge in [0.25, 0.3) is 0 Å². The van der Waals surface area contributed by atoms with Gasteiger partial charge in [0.2, 0.25) is 0 Å². The Hall–Kier alpha value is -0.0500. The number of rotatable bonds is 5. The molecule has 0 aromatic heterocycles. The van der Waals surface area contributed by atoms with Gasteiger partial charge in [0.15, 0.2) is 0 Å². The lowest BCUT2D eigenvalue weighted by Gasteiger charge is -2.26. The molecule has 1 rings (SSSR count). The molecule has 0 radical (unpaired) electrons. The van der Waals surface area contributed by atoms with Crippen LogP contribution in [0, 0.1) is 0 Å². The predicted molar refractivity (Wildman–Crippen MR) is 58.2 cm³/mol. The highest BCUT2D eigenvalue weighted by Gasteiger charge is 2.08. The molecule has 1 aliphatic rings. The van der Waals surface area contributed by atoms with E-state index in [4.69, 9.17) is 11.6 Å². The van der Waals surface area contributed by atoms with E-state index in [2.05, 4.69) is 16.8 Å². The first kappa shape index (κ1) is 11.0. The second-order valence-electron chi connectivity index (χ2n) is 3.60. The van der Waals surface area contributed by atoms with Gasteiger partial charge in [-0.2, -0.15) is 0 Å². The third-order valence-electron chi connectivity index (χ3n) is 2.37. The van der Waals surface area contributed by atoms with E-state index < -0.39 is 0 Å². The lowest BCUT2D eigenvalue weighted by molar-refractivity contribution is 0.230. The molecular weight excluding hydrogens is 184 g/mol. The minimum atomic E-state index is 0.693. The number of halogens is 1. The average Bonchev–Trinajstić information content (AvgIpc) is 2.14. The molecule has 2 nitrogen and oxygen atoms in total. The topological polar surface area (TPSA) is 15.3 Å². The van der Waals surface area contributed by atoms with E-state index in [1.165, 1.54) is 32.4 Å². The van der Waals surface area contributed by atoms with Crippen LogP contribution in [0.2, 0.25) is 0 Å². The Morgan fingerprint density at radius 3 is 2.62 bits per heavy atom. The maximum absolute atomic E-state index is 5.63. The standard InChI is InChI=1S/C10H19ClN2/c1-10(11)9-12-5-8-13-6-3-2-4-7-13/h12H,1-9H2. The Bertz CT molecular complexity index is 153. The molecule has 1 aliphatic heterocycles. The Kier molecular flexibility index (Phi) is 5.44. The normalized spacial score (nSPS) is 18.8. The Balaban J connectivity index is 1.95. The molecule has 3 heteroatoms. The second-order valence-corrected chi connectivity index (χ2v) is 4.13. The third kappa shape index (κ3) is 5.29. The first-order valence-corrected chi connectivity index (χ1v) is 5.43. The molecule has 13 heavy (non-hydrogen) atoms. The SMILES string of the molecule is C=C(Cl)CNCCN1CCCCC1. The van der Waals surface area contributed by atoms with Gasteiger partial charge in [-0.3, -0.25) is 0 Å². The van der Waals surface area contributed by atoms with Crippen molar-refractivity contribution < 1.29 is 0 Å². The van der Waals surface area contributed by atoms with Gasteiger partial charge in [-0.25, -0.2) is 0 Å². The number of likely N-dealkylation sites (tertiary alicyclic amines) is 1. The number of nitrogens with one attached hydrogen (secondary N) is 1. The Labute approximate surface area is 85.9 Å². The number of hydrogen-bond donors (Lipinski definition) is 1. The molecule has 0 saturated carbocycles. The fourth-order valence-corrected chi connectivity index (χ4v) is 1.74. The zero-order valence-corrected chi connectivity index (χ0v) is 8.95. The predicted octanol–water partition coefficient (Wildman–Crippen LogP) is 1.81. The smallest absolute Gasteiger partial charge is 0.0307 e. The van der Waals surface area contributed by atoms with Crippen LogP contribution in [0.1, 0.15) is 19.3 Å². The molecule has 0 aromatic carbocycles. The summed E-state index contributed by atoms with van der Waals surface area (Å²) < 4.78 is 0. The minimum Gasteiger partial charge on any atom is -0.311 e. The van der Waals surface area contributed by atoms with E-state index in [1.54, 1.807) is 0 Å². The lowest BCUT2D eigenvalue weighted by atomic mass is 10.1. The van der Waals surface area contributed by atoms with E-state index in [0.29, 0.717) is 5.03 Å². The molecule has 1 fully saturated rings. The van der Waals surface area contributed by atoms with Gasteiger partial charge in [0, 0.05) is 24.7 Å². The quantitative estimate of drug-likeness (QED) is 0.685. The summed E-state index contributed by atoms with van der Waals surface area (Å²) in [4.78, 5) is 2.51. The number of piperidine rings is 1. The third-order valence-corrected chi connectivity index (χ3v) is 2.50. The van der Waals surface area contributed by atoms with Gasteiger partial charge in [0.1, 0.15) is 0 Å². The Morgan fingerprint density at radius 2 is 2.00 bits per heavy atom. The second kappa shape index (κ2) is 6.41. The van der Waals surface area contributed by atoms with Crippen LogP contribution < -0.4 is 5.32 Å². The summed E-state index contributed by atoms with van der Waals surface area (Å²) in [7, 11) is 0. The average molecular weight is 203 g/mol. The van der Waals surface area contributed by atoms with Crippen molar-refractivity contribution in [2.45, 2.75) is 19.3 Å². The summed E-state index contributed by atoms with van der Waals surface area (Å²) in [6, 6.07) is 0. The van der Waals surface area contributed by atoms with E-state index in [-0.39, 0.29) is 0 Å². The largest absolute Gasteiger partial charge is 0.311 e. The molecule has 0 aromatic rings. The summed E-state index contributed by atoms with van der Waals surface area (Å²) >= 11 is 5.63. The Morgan fingerprint density at radius 1 is 1.31 bits per heavy atom. The van der Waals surface area contributed by atoms with Gasteiger partial charge in [-0.1, -0.05) is 24.6 Å². The van der Waals surface area contributed by atoms with Crippen molar-refractivity contribution in [2.75, 3.05) is 32.7 Å². The van der Waals surface area contributed by atoms with Gasteiger partial charge in [-0.05, 0) is 25.9 Å². The summed E-state index contributed by atoms with van der Waals surface area (Å²) in [6.45, 7) is 9.06. The van der Waals surface area contributed by atoms with Crippen LogP contribution in [0.3, 0.4) is 0 Å². The van der Waals surface area contributed by atoms with Crippen molar-refractivity contribution in [3.05, 3.63) is 11.6 Å². The van der Waals surface area contributed by atoms with Crippen LogP contribution in [0.4, 0.5) is 0 Å². The maximum atomic E-state index is 5.63. The van der Waals surface area contributed by atoms with Crippen LogP contribution in [0.15, 0.2) is 11.6 Å². The van der Waals surface area contributed by atoms with E-state index in [1.807, 2.05) is 0 Å². The van der Waals surface area contributed by atoms with E-state index in [9.17, 15) is 0 Å². The van der Waals surface area contributed by atoms with E-state index in [0.717, 1.165) is 19.6 Å². The summed E-state index contributed by atoms with van der Waals surface area (Å²) in [5.74, 6) is 0. The first-order valence-electron chi connectivity index (χ1n) is 5.05. The molecule has 0 aliphatic carbocycles. The van der Waals surface area contributed by atoms with E-state index >= 15 is 0 Å². The molecule has 1 N–H and O–H groups in total. The van der Waals surface area contributed by atoms with Crippen LogP contribution in [0.25, 0.3) is 0 Å². The monoisotopic (exact) mass is 202 g/mol. The first-order chi connectivity index (χ1) is 6.29. The highest BCUT2D eigenvalue weighted by molar-refractivity contribution is 6.29. The molecule has 0 atom stereocenters. The van der Waals surface area contributed by atoms with Crippen molar-refractivity contribution >= 4 is 11.6 Å². The molecule has 0 spiro atoms. The van der Waals surface area contributed by atoms with Gasteiger partial charge in [0.05, 0.1) is 0 Å². The van der Waals surface area contributed by atoms with Crippen LogP contribution in [-0.4, -0.2) is 37.6 Å². The van der Waals surface area contributed by atoms with Crippen molar-refractivity contribution in [2.24, 2.45) is 0 Å². The maximum Gasteiger partial charge on any atom is 0.0307 e. The molecular formula is C10H19ClN2. The van der Waals surface area contributed by atoms with Crippen molar-refractivity contribution in [1.82, 2.24) is 10.2 Å². The molecule has 0 unspecified atom stereocenters. The lowest BCUT2D eigenvalue weighted by Crippen LogP contribution is -2.36. The molecule has 1 saturated heterocycles. The van der Waals surface area contributed by atoms with Crippen LogP contribution in [0.5, 0.6) is 0 Å². The van der Waals surface area contributed by atoms with Gasteiger partial charge < -0.3 is 10.2 Å². The molecule has 0 amide bonds. The summed E-state index contributed by atoms with van der Waals surface area (Å²) in [5.41, 5.74) is 0. The number of nitrogens with zero attached hydrogens (tertiary/aromatic N) is 1. The molecule has 76 valence electrons. The summed E-state index contributed by atoms with van der Waals surface area (Å²) in [6.07, 6.45) is 4.13. The van der Waals surface area contributed by atoms with Crippen LogP contribution in [-0.2, 0) is 0 Å². The highest BCUT2D eigenvalue weighted by Crippen LogP contribution is 2.07. The van der Waals surface area contributed by atoms with Gasteiger partial charge in [-0.15, -0.1) is 0 Å². The molecule has 1 heterocycles. The van der Waals surface area contributed by atoms with Crippen molar-refractivity contribution in [3.63, 3.8) is 0 Å². The summed E-state index contributed by atoms with van der Waals surface area (Å²) in [5, 5.41) is 3.95. The fourth-order valence-electron chi connectivity index (χ4n) is 1.64. The van der Waals surface area contributed by atoms with Crippen molar-refractivity contribution in [1.29, 1.82) is 0 Å². The van der Waals surface area contributed by atoms with Crippen molar-refractivity contribution in [3.8, 4) is 0 Å². The zero-order chi connectivity index (χ0) is 9.52.